The molecule has 7 nitrogen and oxygen atoms in total. The van der Waals surface area contributed by atoms with Crippen molar-refractivity contribution in [1.29, 1.82) is 0 Å². The largest absolute Gasteiger partial charge is 0.376 e. The van der Waals surface area contributed by atoms with E-state index in [0.717, 1.165) is 55.9 Å². The Balaban J connectivity index is 1.33. The number of fused-ring (bicyclic) bond motifs is 1. The van der Waals surface area contributed by atoms with Gasteiger partial charge in [0.15, 0.2) is 0 Å². The zero-order valence-electron chi connectivity index (χ0n) is 16.6. The summed E-state index contributed by atoms with van der Waals surface area (Å²) in [6.07, 6.45) is 6.87. The quantitative estimate of drug-likeness (QED) is 0.780. The number of hydrogen-bond acceptors (Lipinski definition) is 4. The first kappa shape index (κ1) is 19.8. The van der Waals surface area contributed by atoms with Crippen LogP contribution in [0.3, 0.4) is 0 Å². The Hall–Kier alpha value is -2.48. The lowest BCUT2D eigenvalue weighted by atomic mass is 9.99. The van der Waals surface area contributed by atoms with Crippen molar-refractivity contribution < 1.29 is 13.9 Å². The number of nitrogens with zero attached hydrogens (tertiary/aromatic N) is 3. The average Bonchev–Trinajstić information content (AvgIpc) is 3.32. The van der Waals surface area contributed by atoms with Crippen LogP contribution >= 0.6 is 0 Å². The fourth-order valence-corrected chi connectivity index (χ4v) is 4.14. The first-order valence-electron chi connectivity index (χ1n) is 10.5. The predicted octanol–water partition coefficient (Wildman–Crippen LogP) is 2.91. The molecule has 8 heteroatoms. The van der Waals surface area contributed by atoms with Gasteiger partial charge in [-0.2, -0.15) is 0 Å². The molecule has 4 rings (SSSR count). The third kappa shape index (κ3) is 4.93. The summed E-state index contributed by atoms with van der Waals surface area (Å²) in [4.78, 5) is 12.5. The van der Waals surface area contributed by atoms with Gasteiger partial charge in [-0.15, -0.1) is 10.2 Å². The minimum Gasteiger partial charge on any atom is -0.376 e. The number of urea groups is 1. The van der Waals surface area contributed by atoms with Crippen LogP contribution in [0.25, 0.3) is 0 Å². The standard InChI is InChI=1S/C21H28FN5O2/c22-16-9-7-15(8-10-16)20(17-5-4-14-29-17)24-21(28)23-12-11-19-26-25-18-6-2-1-3-13-27(18)19/h7-10,17,20H,1-6,11-14H2,(H2,23,24,28). The zero-order valence-corrected chi connectivity index (χ0v) is 16.6. The Kier molecular flexibility index (Phi) is 6.39. The van der Waals surface area contributed by atoms with Crippen LogP contribution in [0.5, 0.6) is 0 Å². The van der Waals surface area contributed by atoms with Gasteiger partial charge in [0, 0.05) is 32.5 Å². The number of aryl methyl sites for hydroxylation is 1. The molecule has 0 saturated carbocycles. The highest BCUT2D eigenvalue weighted by Crippen LogP contribution is 2.27. The number of amides is 2. The molecule has 0 spiro atoms. The molecule has 3 heterocycles. The smallest absolute Gasteiger partial charge is 0.315 e. The molecule has 2 N–H and O–H groups in total. The number of carbonyl (C=O) groups excluding carboxylic acids is 1. The maximum Gasteiger partial charge on any atom is 0.315 e. The van der Waals surface area contributed by atoms with Crippen molar-refractivity contribution in [3.05, 3.63) is 47.3 Å². The van der Waals surface area contributed by atoms with Crippen molar-refractivity contribution in [3.8, 4) is 0 Å². The van der Waals surface area contributed by atoms with Gasteiger partial charge < -0.3 is 19.9 Å². The Morgan fingerprint density at radius 2 is 2.07 bits per heavy atom. The van der Waals surface area contributed by atoms with Gasteiger partial charge in [0.25, 0.3) is 0 Å². The summed E-state index contributed by atoms with van der Waals surface area (Å²) < 4.78 is 21.3. The van der Waals surface area contributed by atoms with Crippen molar-refractivity contribution in [2.24, 2.45) is 0 Å². The molecule has 1 saturated heterocycles. The molecular weight excluding hydrogens is 373 g/mol. The van der Waals surface area contributed by atoms with Gasteiger partial charge in [-0.1, -0.05) is 18.6 Å². The number of benzene rings is 1. The first-order valence-corrected chi connectivity index (χ1v) is 10.5. The third-order valence-electron chi connectivity index (χ3n) is 5.67. The summed E-state index contributed by atoms with van der Waals surface area (Å²) in [5.74, 6) is 1.69. The van der Waals surface area contributed by atoms with E-state index in [9.17, 15) is 9.18 Å². The average molecular weight is 401 g/mol. The van der Waals surface area contributed by atoms with Crippen LogP contribution in [0.1, 0.15) is 55.4 Å². The van der Waals surface area contributed by atoms with Crippen molar-refractivity contribution in [3.63, 3.8) is 0 Å². The topological polar surface area (TPSA) is 81.1 Å². The van der Waals surface area contributed by atoms with Crippen LogP contribution in [0.15, 0.2) is 24.3 Å². The second kappa shape index (κ2) is 9.35. The van der Waals surface area contributed by atoms with E-state index in [1.54, 1.807) is 12.1 Å². The Morgan fingerprint density at radius 1 is 1.21 bits per heavy atom. The van der Waals surface area contributed by atoms with E-state index in [2.05, 4.69) is 25.4 Å². The molecule has 2 aliphatic heterocycles. The lowest BCUT2D eigenvalue weighted by Crippen LogP contribution is -2.43. The van der Waals surface area contributed by atoms with Gasteiger partial charge in [0.2, 0.25) is 0 Å². The summed E-state index contributed by atoms with van der Waals surface area (Å²) in [7, 11) is 0. The molecule has 0 bridgehead atoms. The van der Waals surface area contributed by atoms with E-state index in [-0.39, 0.29) is 24.0 Å². The SMILES string of the molecule is O=C(NCCc1nnc2n1CCCCC2)NC(c1ccc(F)cc1)C1CCCO1. The Bertz CT molecular complexity index is 817. The molecule has 0 aliphatic carbocycles. The molecular formula is C21H28FN5O2. The Labute approximate surface area is 170 Å². The van der Waals surface area contributed by atoms with Crippen LogP contribution in [-0.4, -0.2) is 40.1 Å². The lowest BCUT2D eigenvalue weighted by molar-refractivity contribution is 0.0807. The van der Waals surface area contributed by atoms with Gasteiger partial charge >= 0.3 is 6.03 Å². The Morgan fingerprint density at radius 3 is 2.86 bits per heavy atom. The van der Waals surface area contributed by atoms with Crippen LogP contribution in [-0.2, 0) is 24.1 Å². The van der Waals surface area contributed by atoms with E-state index in [1.165, 1.54) is 18.6 Å². The number of nitrogens with one attached hydrogen (secondary N) is 2. The van der Waals surface area contributed by atoms with E-state index in [4.69, 9.17) is 4.74 Å². The first-order chi connectivity index (χ1) is 14.2. The maximum absolute atomic E-state index is 13.3. The van der Waals surface area contributed by atoms with Crippen molar-refractivity contribution >= 4 is 6.03 Å². The predicted molar refractivity (Wildman–Crippen MR) is 106 cm³/mol. The number of ether oxygens (including phenoxy) is 1. The van der Waals surface area contributed by atoms with Gasteiger partial charge in [0.1, 0.15) is 17.5 Å². The van der Waals surface area contributed by atoms with Crippen molar-refractivity contribution in [2.45, 2.75) is 63.6 Å². The number of aromatic nitrogens is 3. The third-order valence-corrected chi connectivity index (χ3v) is 5.67. The molecule has 1 aromatic carbocycles. The van der Waals surface area contributed by atoms with Crippen molar-refractivity contribution in [1.82, 2.24) is 25.4 Å². The lowest BCUT2D eigenvalue weighted by Gasteiger charge is -2.25. The number of hydrogen-bond donors (Lipinski definition) is 2. The number of halogens is 1. The monoisotopic (exact) mass is 401 g/mol. The van der Waals surface area contributed by atoms with Crippen LogP contribution < -0.4 is 10.6 Å². The summed E-state index contributed by atoms with van der Waals surface area (Å²) in [6, 6.07) is 5.66. The normalized spacial score (nSPS) is 20.0. The van der Waals surface area contributed by atoms with E-state index >= 15 is 0 Å². The fourth-order valence-electron chi connectivity index (χ4n) is 4.14. The highest BCUT2D eigenvalue weighted by Gasteiger charge is 2.28. The zero-order chi connectivity index (χ0) is 20.1. The molecule has 2 aromatic rings. The number of rotatable bonds is 6. The molecule has 1 aromatic heterocycles. The van der Waals surface area contributed by atoms with Crippen LogP contribution in [0.2, 0.25) is 0 Å². The van der Waals surface area contributed by atoms with E-state index in [1.807, 2.05) is 0 Å². The molecule has 2 unspecified atom stereocenters. The minimum absolute atomic E-state index is 0.0986. The van der Waals surface area contributed by atoms with Crippen LogP contribution in [0.4, 0.5) is 9.18 Å². The second-order valence-corrected chi connectivity index (χ2v) is 7.73. The maximum atomic E-state index is 13.3. The van der Waals surface area contributed by atoms with Gasteiger partial charge in [0.05, 0.1) is 12.1 Å². The molecule has 2 amide bonds. The van der Waals surface area contributed by atoms with Gasteiger partial charge in [-0.3, -0.25) is 0 Å². The number of carbonyl (C=O) groups is 1. The fraction of sp³-hybridized carbons (Fsp3) is 0.571. The van der Waals surface area contributed by atoms with E-state index in [0.29, 0.717) is 19.6 Å². The molecule has 2 aliphatic rings. The summed E-state index contributed by atoms with van der Waals surface area (Å²) in [5.41, 5.74) is 0.844. The summed E-state index contributed by atoms with van der Waals surface area (Å²) in [6.45, 7) is 2.12. The molecule has 29 heavy (non-hydrogen) atoms. The molecule has 2 atom stereocenters. The minimum atomic E-state index is -0.303. The highest BCUT2D eigenvalue weighted by molar-refractivity contribution is 5.74. The summed E-state index contributed by atoms with van der Waals surface area (Å²) in [5, 5.41) is 14.5. The van der Waals surface area contributed by atoms with Gasteiger partial charge in [-0.25, -0.2) is 9.18 Å². The highest BCUT2D eigenvalue weighted by atomic mass is 19.1. The second-order valence-electron chi connectivity index (χ2n) is 7.73. The molecule has 156 valence electrons. The van der Waals surface area contributed by atoms with Crippen molar-refractivity contribution in [2.75, 3.05) is 13.2 Å². The molecule has 1 fully saturated rings. The summed E-state index contributed by atoms with van der Waals surface area (Å²) >= 11 is 0. The van der Waals surface area contributed by atoms with Crippen LogP contribution in [0, 0.1) is 5.82 Å². The van der Waals surface area contributed by atoms with Gasteiger partial charge in [-0.05, 0) is 43.4 Å². The van der Waals surface area contributed by atoms with E-state index < -0.39 is 0 Å². The molecule has 0 radical (unpaired) electrons.